The molecule has 6 heteroatoms. The van der Waals surface area contributed by atoms with Crippen LogP contribution in [0.1, 0.15) is 46.0 Å². The Morgan fingerprint density at radius 1 is 1.19 bits per heavy atom. The molecule has 3 saturated carbocycles. The van der Waals surface area contributed by atoms with Crippen LogP contribution in [0.3, 0.4) is 0 Å². The Morgan fingerprint density at radius 2 is 1.93 bits per heavy atom. The van der Waals surface area contributed by atoms with Crippen LogP contribution in [0.15, 0.2) is 23.8 Å². The smallest absolute Gasteiger partial charge is 0.264 e. The predicted molar refractivity (Wildman–Crippen MR) is 101 cm³/mol. The minimum Gasteiger partial charge on any atom is -0.299 e. The molecule has 27 heavy (non-hydrogen) atoms. The van der Waals surface area contributed by atoms with Crippen molar-refractivity contribution in [2.45, 2.75) is 46.0 Å². The molecule has 0 heterocycles. The van der Waals surface area contributed by atoms with Crippen molar-refractivity contribution < 1.29 is 22.2 Å². The molecule has 0 unspecified atom stereocenters. The Balaban J connectivity index is 1.72. The first-order valence-electron chi connectivity index (χ1n) is 9.87. The Bertz CT molecular complexity index is 854. The summed E-state index contributed by atoms with van der Waals surface area (Å²) in [5.41, 5.74) is 0.498. The maximum Gasteiger partial charge on any atom is 0.264 e. The van der Waals surface area contributed by atoms with Gasteiger partial charge < -0.3 is 0 Å². The lowest BCUT2D eigenvalue weighted by atomic mass is 9.46. The molecule has 5 nitrogen and oxygen atoms in total. The van der Waals surface area contributed by atoms with Crippen molar-refractivity contribution in [1.29, 1.82) is 0 Å². The van der Waals surface area contributed by atoms with Gasteiger partial charge in [-0.2, -0.15) is 8.42 Å². The number of Topliss-reactive ketones (excluding diaryl/α,β-unsaturated/α-hetero) is 1. The average molecular weight is 393 g/mol. The highest BCUT2D eigenvalue weighted by Gasteiger charge is 2.60. The van der Waals surface area contributed by atoms with Gasteiger partial charge in [-0.15, -0.1) is 0 Å². The molecule has 3 fully saturated rings. The number of hydrogen-bond donors (Lipinski definition) is 0. The normalized spacial score (nSPS) is 43.7. The number of rotatable bonds is 3. The third-order valence-electron chi connectivity index (χ3n) is 7.91. The summed E-state index contributed by atoms with van der Waals surface area (Å²) in [6.45, 7) is 4.37. The first-order valence-corrected chi connectivity index (χ1v) is 11.7. The third-order valence-corrected chi connectivity index (χ3v) is 8.47. The minimum absolute atomic E-state index is 0.0398. The lowest BCUT2D eigenvalue weighted by Gasteiger charge is -2.57. The zero-order valence-electron chi connectivity index (χ0n) is 16.2. The van der Waals surface area contributed by atoms with E-state index in [2.05, 4.69) is 13.8 Å². The lowest BCUT2D eigenvalue weighted by Crippen LogP contribution is -2.52. The molecule has 0 spiro atoms. The Kier molecular flexibility index (Phi) is 4.32. The van der Waals surface area contributed by atoms with Crippen molar-refractivity contribution in [3.05, 3.63) is 23.8 Å². The van der Waals surface area contributed by atoms with Gasteiger partial charge in [0.2, 0.25) is 0 Å². The lowest BCUT2D eigenvalue weighted by molar-refractivity contribution is -0.132. The molecule has 0 aromatic carbocycles. The quantitative estimate of drug-likeness (QED) is 0.690. The van der Waals surface area contributed by atoms with E-state index >= 15 is 0 Å². The van der Waals surface area contributed by atoms with Crippen molar-refractivity contribution in [3.63, 3.8) is 0 Å². The summed E-state index contributed by atoms with van der Waals surface area (Å²) in [7, 11) is -3.55. The van der Waals surface area contributed by atoms with Crippen LogP contribution in [0, 0.1) is 34.5 Å². The van der Waals surface area contributed by atoms with E-state index in [-0.39, 0.29) is 29.1 Å². The van der Waals surface area contributed by atoms with Gasteiger partial charge in [0, 0.05) is 23.2 Å². The summed E-state index contributed by atoms with van der Waals surface area (Å²) < 4.78 is 28.3. The monoisotopic (exact) mass is 392 g/mol. The second-order valence-corrected chi connectivity index (χ2v) is 11.0. The molecule has 0 aliphatic heterocycles. The van der Waals surface area contributed by atoms with Crippen molar-refractivity contribution in [2.75, 3.05) is 12.9 Å². The summed E-state index contributed by atoms with van der Waals surface area (Å²) in [6, 6.07) is 0. The van der Waals surface area contributed by atoms with Crippen molar-refractivity contribution in [1.82, 2.24) is 0 Å². The maximum atomic E-state index is 12.6. The number of carbonyl (C=O) groups excluding carboxylic acids is 2. The molecule has 4 aliphatic carbocycles. The van der Waals surface area contributed by atoms with E-state index in [4.69, 9.17) is 4.18 Å². The van der Waals surface area contributed by atoms with Gasteiger partial charge in [-0.3, -0.25) is 13.8 Å². The van der Waals surface area contributed by atoms with E-state index in [1.54, 1.807) is 12.2 Å². The molecule has 0 aromatic rings. The van der Waals surface area contributed by atoms with Crippen LogP contribution < -0.4 is 0 Å². The van der Waals surface area contributed by atoms with Gasteiger partial charge in [0.25, 0.3) is 10.1 Å². The average Bonchev–Trinajstić information content (AvgIpc) is 2.88. The molecule has 6 atom stereocenters. The summed E-state index contributed by atoms with van der Waals surface area (Å²) in [6.07, 6.45) is 10.7. The highest BCUT2D eigenvalue weighted by atomic mass is 32.2. The number of fused-ring (bicyclic) bond motifs is 5. The summed E-state index contributed by atoms with van der Waals surface area (Å²) in [5.74, 6) is 1.31. The van der Waals surface area contributed by atoms with Crippen molar-refractivity contribution in [2.24, 2.45) is 34.5 Å². The molecule has 4 aliphatic rings. The Morgan fingerprint density at radius 3 is 2.63 bits per heavy atom. The fraction of sp³-hybridized carbons (Fsp3) is 0.714. The number of hydrogen-bond acceptors (Lipinski definition) is 5. The number of carbonyl (C=O) groups is 2. The van der Waals surface area contributed by atoms with E-state index in [0.717, 1.165) is 37.5 Å². The molecule has 0 amide bonds. The number of ketones is 2. The van der Waals surface area contributed by atoms with E-state index in [1.165, 1.54) is 0 Å². The fourth-order valence-electron chi connectivity index (χ4n) is 6.55. The van der Waals surface area contributed by atoms with E-state index in [9.17, 15) is 18.0 Å². The maximum absolute atomic E-state index is 12.6. The molecular weight excluding hydrogens is 364 g/mol. The molecule has 4 rings (SSSR count). The zero-order chi connectivity index (χ0) is 19.6. The first-order chi connectivity index (χ1) is 12.5. The van der Waals surface area contributed by atoms with Crippen LogP contribution in [0.5, 0.6) is 0 Å². The van der Waals surface area contributed by atoms with Gasteiger partial charge in [0.05, 0.1) is 12.9 Å². The molecule has 0 aromatic heterocycles. The largest absolute Gasteiger partial charge is 0.299 e. The van der Waals surface area contributed by atoms with Crippen LogP contribution in [-0.4, -0.2) is 32.8 Å². The van der Waals surface area contributed by atoms with E-state index < -0.39 is 10.1 Å². The predicted octanol–water partition coefficient (Wildman–Crippen LogP) is 3.07. The SMILES string of the molecule is C[C@]12C=CC(=O)C=C1[C@H](COS(C)(=O)=O)C[C@@H]1[C@@H]2CC[C@]2(C)C(=O)CC[C@@H]12. The van der Waals surface area contributed by atoms with E-state index in [0.29, 0.717) is 30.0 Å². The Labute approximate surface area is 161 Å². The van der Waals surface area contributed by atoms with Crippen LogP contribution in [0.2, 0.25) is 0 Å². The Hall–Kier alpha value is -1.27. The minimum atomic E-state index is -3.55. The zero-order valence-corrected chi connectivity index (χ0v) is 17.1. The molecule has 0 bridgehead atoms. The molecule has 148 valence electrons. The summed E-state index contributed by atoms with van der Waals surface area (Å²) in [5, 5.41) is 0. The van der Waals surface area contributed by atoms with Gasteiger partial charge in [-0.25, -0.2) is 0 Å². The fourth-order valence-corrected chi connectivity index (χ4v) is 6.97. The molecule has 0 radical (unpaired) electrons. The molecule has 0 N–H and O–H groups in total. The van der Waals surface area contributed by atoms with Crippen LogP contribution >= 0.6 is 0 Å². The van der Waals surface area contributed by atoms with Gasteiger partial charge in [-0.05, 0) is 55.6 Å². The van der Waals surface area contributed by atoms with Gasteiger partial charge in [0.15, 0.2) is 5.78 Å². The number of allylic oxidation sites excluding steroid dienone is 3. The van der Waals surface area contributed by atoms with Crippen LogP contribution in [0.4, 0.5) is 0 Å². The van der Waals surface area contributed by atoms with Gasteiger partial charge >= 0.3 is 0 Å². The summed E-state index contributed by atoms with van der Waals surface area (Å²) in [4.78, 5) is 24.7. The standard InChI is InChI=1S/C21H28O5S/c1-20-8-6-14(22)11-18(20)13(12-26-27(3,24)25)10-15-16-4-5-19(23)21(16,2)9-7-17(15)20/h6,8,11,13,15-17H,4-5,7,9-10,12H2,1-3H3/t13-,15-,16-,17-,20+,21-/m0/s1. The molecule has 0 saturated heterocycles. The first kappa shape index (κ1) is 19.1. The van der Waals surface area contributed by atoms with E-state index in [1.807, 2.05) is 6.08 Å². The van der Waals surface area contributed by atoms with Gasteiger partial charge in [-0.1, -0.05) is 25.5 Å². The highest BCUT2D eigenvalue weighted by molar-refractivity contribution is 7.85. The van der Waals surface area contributed by atoms with Crippen LogP contribution in [-0.2, 0) is 23.9 Å². The van der Waals surface area contributed by atoms with Gasteiger partial charge in [0.1, 0.15) is 5.78 Å². The highest BCUT2D eigenvalue weighted by Crippen LogP contribution is 2.64. The van der Waals surface area contributed by atoms with Crippen LogP contribution in [0.25, 0.3) is 0 Å². The molecular formula is C21H28O5S. The topological polar surface area (TPSA) is 77.5 Å². The van der Waals surface area contributed by atoms with Crippen molar-refractivity contribution >= 4 is 21.7 Å². The second-order valence-electron chi connectivity index (χ2n) is 9.33. The second kappa shape index (κ2) is 6.11. The summed E-state index contributed by atoms with van der Waals surface area (Å²) >= 11 is 0. The third kappa shape index (κ3) is 2.96. The van der Waals surface area contributed by atoms with Crippen molar-refractivity contribution in [3.8, 4) is 0 Å².